The summed E-state index contributed by atoms with van der Waals surface area (Å²) >= 11 is 0. The SMILES string of the molecule is O=C(NO)c1cc(N=Cc2cc(O)ccc2O)ccc1O. The molecule has 0 spiro atoms. The first-order valence-electron chi connectivity index (χ1n) is 5.85. The molecule has 0 saturated heterocycles. The van der Waals surface area contributed by atoms with Gasteiger partial charge in [0.25, 0.3) is 5.91 Å². The maximum absolute atomic E-state index is 11.3. The van der Waals surface area contributed by atoms with Crippen LogP contribution in [-0.4, -0.2) is 32.6 Å². The molecule has 0 aliphatic rings. The molecule has 2 rings (SSSR count). The average molecular weight is 288 g/mol. The van der Waals surface area contributed by atoms with E-state index in [2.05, 4.69) is 4.99 Å². The highest BCUT2D eigenvalue weighted by Crippen LogP contribution is 2.25. The van der Waals surface area contributed by atoms with Crippen LogP contribution in [0.4, 0.5) is 5.69 Å². The summed E-state index contributed by atoms with van der Waals surface area (Å²) in [5, 5.41) is 37.0. The van der Waals surface area contributed by atoms with Crippen LogP contribution in [0.15, 0.2) is 41.4 Å². The molecule has 0 saturated carbocycles. The molecule has 0 bridgehead atoms. The van der Waals surface area contributed by atoms with Gasteiger partial charge in [0.2, 0.25) is 0 Å². The van der Waals surface area contributed by atoms with E-state index in [4.69, 9.17) is 5.21 Å². The van der Waals surface area contributed by atoms with E-state index in [1.165, 1.54) is 48.1 Å². The molecule has 0 radical (unpaired) electrons. The highest BCUT2D eigenvalue weighted by Gasteiger charge is 2.10. The van der Waals surface area contributed by atoms with Crippen molar-refractivity contribution < 1.29 is 25.3 Å². The van der Waals surface area contributed by atoms with Gasteiger partial charge in [-0.3, -0.25) is 15.0 Å². The number of nitrogens with zero attached hydrogens (tertiary/aromatic N) is 1. The molecular formula is C14H12N2O5. The quantitative estimate of drug-likeness (QED) is 0.254. The van der Waals surface area contributed by atoms with Crippen molar-refractivity contribution in [3.8, 4) is 17.2 Å². The molecule has 5 N–H and O–H groups in total. The molecule has 108 valence electrons. The molecule has 0 atom stereocenters. The summed E-state index contributed by atoms with van der Waals surface area (Å²) in [5.41, 5.74) is 1.87. The number of aromatic hydroxyl groups is 3. The third-order valence-corrected chi connectivity index (χ3v) is 2.69. The summed E-state index contributed by atoms with van der Waals surface area (Å²) in [6, 6.07) is 7.92. The molecule has 0 aromatic heterocycles. The Morgan fingerprint density at radius 2 is 1.76 bits per heavy atom. The van der Waals surface area contributed by atoms with Crippen LogP contribution in [0.25, 0.3) is 0 Å². The van der Waals surface area contributed by atoms with E-state index in [0.717, 1.165) is 0 Å². The molecule has 0 heterocycles. The molecule has 0 aliphatic carbocycles. The first kappa shape index (κ1) is 14.4. The van der Waals surface area contributed by atoms with E-state index in [9.17, 15) is 20.1 Å². The monoisotopic (exact) mass is 288 g/mol. The first-order valence-corrected chi connectivity index (χ1v) is 5.85. The third kappa shape index (κ3) is 3.28. The lowest BCUT2D eigenvalue weighted by Gasteiger charge is -2.03. The Labute approximate surface area is 119 Å². The van der Waals surface area contributed by atoms with Gasteiger partial charge in [0.1, 0.15) is 17.2 Å². The Bertz CT molecular complexity index is 713. The summed E-state index contributed by atoms with van der Waals surface area (Å²) in [7, 11) is 0. The van der Waals surface area contributed by atoms with Crippen LogP contribution >= 0.6 is 0 Å². The fourth-order valence-corrected chi connectivity index (χ4v) is 1.64. The van der Waals surface area contributed by atoms with Gasteiger partial charge >= 0.3 is 0 Å². The summed E-state index contributed by atoms with van der Waals surface area (Å²) in [6.45, 7) is 0. The fraction of sp³-hybridized carbons (Fsp3) is 0. The Balaban J connectivity index is 2.33. The van der Waals surface area contributed by atoms with Gasteiger partial charge in [-0.1, -0.05) is 0 Å². The number of phenolic OH excluding ortho intramolecular Hbond substituents is 3. The van der Waals surface area contributed by atoms with Crippen LogP contribution in [0, 0.1) is 0 Å². The minimum absolute atomic E-state index is 0.0275. The first-order chi connectivity index (χ1) is 10.0. The Kier molecular flexibility index (Phi) is 4.05. The van der Waals surface area contributed by atoms with Crippen molar-refractivity contribution in [2.75, 3.05) is 0 Å². The molecule has 0 aliphatic heterocycles. The van der Waals surface area contributed by atoms with Crippen LogP contribution < -0.4 is 5.48 Å². The summed E-state index contributed by atoms with van der Waals surface area (Å²) in [4.78, 5) is 15.3. The Morgan fingerprint density at radius 3 is 2.48 bits per heavy atom. The normalized spacial score (nSPS) is 10.7. The molecule has 0 fully saturated rings. The highest BCUT2D eigenvalue weighted by molar-refractivity contribution is 5.97. The van der Waals surface area contributed by atoms with Crippen LogP contribution in [0.3, 0.4) is 0 Å². The number of aliphatic imine (C=N–C) groups is 1. The van der Waals surface area contributed by atoms with Crippen molar-refractivity contribution in [1.29, 1.82) is 0 Å². The van der Waals surface area contributed by atoms with E-state index in [1.807, 2.05) is 0 Å². The molecule has 2 aromatic carbocycles. The molecule has 1 amide bonds. The van der Waals surface area contributed by atoms with Crippen molar-refractivity contribution >= 4 is 17.8 Å². The number of phenols is 3. The highest BCUT2D eigenvalue weighted by atomic mass is 16.5. The molecule has 0 unspecified atom stereocenters. The van der Waals surface area contributed by atoms with Crippen LogP contribution in [0.2, 0.25) is 0 Å². The minimum Gasteiger partial charge on any atom is -0.508 e. The summed E-state index contributed by atoms with van der Waals surface area (Å²) in [6.07, 6.45) is 1.29. The second-order valence-electron chi connectivity index (χ2n) is 4.14. The van der Waals surface area contributed by atoms with Crippen molar-refractivity contribution in [3.05, 3.63) is 47.5 Å². The zero-order valence-electron chi connectivity index (χ0n) is 10.7. The second kappa shape index (κ2) is 5.93. The summed E-state index contributed by atoms with van der Waals surface area (Å²) < 4.78 is 0. The van der Waals surface area contributed by atoms with Crippen LogP contribution in [-0.2, 0) is 0 Å². The van der Waals surface area contributed by atoms with Gasteiger partial charge in [-0.15, -0.1) is 0 Å². The van der Waals surface area contributed by atoms with Crippen molar-refractivity contribution in [2.45, 2.75) is 0 Å². The van der Waals surface area contributed by atoms with Crippen molar-refractivity contribution in [1.82, 2.24) is 5.48 Å². The third-order valence-electron chi connectivity index (χ3n) is 2.69. The topological polar surface area (TPSA) is 122 Å². The molecule has 7 nitrogen and oxygen atoms in total. The molecule has 21 heavy (non-hydrogen) atoms. The number of hydrogen-bond donors (Lipinski definition) is 5. The lowest BCUT2D eigenvalue weighted by atomic mass is 10.1. The number of carbonyl (C=O) groups is 1. The maximum Gasteiger partial charge on any atom is 0.278 e. The van der Waals surface area contributed by atoms with Crippen LogP contribution in [0.5, 0.6) is 17.2 Å². The van der Waals surface area contributed by atoms with Crippen LogP contribution in [0.1, 0.15) is 15.9 Å². The van der Waals surface area contributed by atoms with Gasteiger partial charge in [-0.25, -0.2) is 5.48 Å². The predicted octanol–water partition coefficient (Wildman–Crippen LogP) is 1.67. The Hall–Kier alpha value is -3.06. The van der Waals surface area contributed by atoms with E-state index < -0.39 is 5.91 Å². The Morgan fingerprint density at radius 1 is 1.05 bits per heavy atom. The van der Waals surface area contributed by atoms with E-state index in [0.29, 0.717) is 5.69 Å². The van der Waals surface area contributed by atoms with E-state index >= 15 is 0 Å². The number of hydroxylamine groups is 1. The lowest BCUT2D eigenvalue weighted by molar-refractivity contribution is 0.0703. The predicted molar refractivity (Wildman–Crippen MR) is 74.4 cm³/mol. The van der Waals surface area contributed by atoms with E-state index in [1.54, 1.807) is 0 Å². The lowest BCUT2D eigenvalue weighted by Crippen LogP contribution is -2.18. The van der Waals surface area contributed by atoms with Gasteiger partial charge in [-0.05, 0) is 36.4 Å². The number of nitrogens with one attached hydrogen (secondary N) is 1. The number of hydrogen-bond acceptors (Lipinski definition) is 6. The minimum atomic E-state index is -0.871. The van der Waals surface area contributed by atoms with Gasteiger partial charge in [-0.2, -0.15) is 0 Å². The molecule has 7 heteroatoms. The maximum atomic E-state index is 11.3. The number of benzene rings is 2. The van der Waals surface area contributed by atoms with E-state index in [-0.39, 0.29) is 28.4 Å². The summed E-state index contributed by atoms with van der Waals surface area (Å²) in [5.74, 6) is -1.27. The largest absolute Gasteiger partial charge is 0.508 e. The standard InChI is InChI=1S/C14H12N2O5/c17-10-2-4-12(18)8(5-10)7-15-9-1-3-13(19)11(6-9)14(20)16-21/h1-7,17-19,21H,(H,16,20). The smallest absolute Gasteiger partial charge is 0.278 e. The zero-order chi connectivity index (χ0) is 15.4. The number of carbonyl (C=O) groups excluding carboxylic acids is 1. The number of amides is 1. The van der Waals surface area contributed by atoms with Crippen molar-refractivity contribution in [3.63, 3.8) is 0 Å². The van der Waals surface area contributed by atoms with Crippen molar-refractivity contribution in [2.24, 2.45) is 4.99 Å². The fourth-order valence-electron chi connectivity index (χ4n) is 1.64. The second-order valence-corrected chi connectivity index (χ2v) is 4.14. The van der Waals surface area contributed by atoms with Gasteiger partial charge in [0.05, 0.1) is 11.3 Å². The zero-order valence-corrected chi connectivity index (χ0v) is 10.7. The number of rotatable bonds is 3. The molecule has 2 aromatic rings. The molecular weight excluding hydrogens is 276 g/mol. The van der Waals surface area contributed by atoms with Gasteiger partial charge < -0.3 is 15.3 Å². The van der Waals surface area contributed by atoms with Gasteiger partial charge in [0.15, 0.2) is 0 Å². The van der Waals surface area contributed by atoms with Gasteiger partial charge in [0, 0.05) is 11.8 Å². The average Bonchev–Trinajstić information content (AvgIpc) is 2.48.